The van der Waals surface area contributed by atoms with Crippen LogP contribution in [0.2, 0.25) is 5.02 Å². The van der Waals surface area contributed by atoms with Crippen LogP contribution in [0, 0.1) is 12.7 Å². The third kappa shape index (κ3) is 5.19. The Balaban J connectivity index is 1.49. The molecule has 0 spiro atoms. The van der Waals surface area contributed by atoms with Gasteiger partial charge in [0.15, 0.2) is 0 Å². The number of anilines is 1. The lowest BCUT2D eigenvalue weighted by atomic mass is 10.2. The number of hydrogen-bond donors (Lipinski definition) is 1. The summed E-state index contributed by atoms with van der Waals surface area (Å²) in [7, 11) is -3.71. The quantitative estimate of drug-likeness (QED) is 0.794. The van der Waals surface area contributed by atoms with Crippen LogP contribution in [0.4, 0.5) is 10.1 Å². The summed E-state index contributed by atoms with van der Waals surface area (Å²) in [6, 6.07) is 11.6. The van der Waals surface area contributed by atoms with Crippen LogP contribution in [0.1, 0.15) is 5.56 Å². The molecule has 0 unspecified atom stereocenters. The molecule has 0 aromatic heterocycles. The van der Waals surface area contributed by atoms with E-state index in [0.717, 1.165) is 43.0 Å². The fourth-order valence-electron chi connectivity index (χ4n) is 3.16. The Morgan fingerprint density at radius 2 is 1.74 bits per heavy atom. The number of sulfonamides is 1. The van der Waals surface area contributed by atoms with E-state index in [-0.39, 0.29) is 4.90 Å². The second-order valence-corrected chi connectivity index (χ2v) is 8.78. The third-order valence-corrected chi connectivity index (χ3v) is 6.58. The predicted molar refractivity (Wildman–Crippen MR) is 106 cm³/mol. The Bertz CT molecular complexity index is 882. The van der Waals surface area contributed by atoms with Crippen molar-refractivity contribution in [1.82, 2.24) is 9.62 Å². The van der Waals surface area contributed by atoms with Crippen molar-refractivity contribution in [2.24, 2.45) is 0 Å². The maximum Gasteiger partial charge on any atom is 0.240 e. The minimum Gasteiger partial charge on any atom is -0.369 e. The smallest absolute Gasteiger partial charge is 0.240 e. The molecule has 1 aliphatic heterocycles. The van der Waals surface area contributed by atoms with Gasteiger partial charge in [-0.25, -0.2) is 17.5 Å². The van der Waals surface area contributed by atoms with Gasteiger partial charge >= 0.3 is 0 Å². The summed E-state index contributed by atoms with van der Waals surface area (Å²) >= 11 is 5.93. The molecule has 2 aromatic rings. The Morgan fingerprint density at radius 3 is 2.41 bits per heavy atom. The summed E-state index contributed by atoms with van der Waals surface area (Å²) in [5, 5.41) is 0.721. The van der Waals surface area contributed by atoms with Crippen LogP contribution in [-0.2, 0) is 10.0 Å². The number of piperazine rings is 1. The molecule has 1 N–H and O–H groups in total. The van der Waals surface area contributed by atoms with Crippen LogP contribution in [-0.4, -0.2) is 52.6 Å². The third-order valence-electron chi connectivity index (χ3n) is 4.72. The van der Waals surface area contributed by atoms with Gasteiger partial charge in [-0.1, -0.05) is 17.7 Å². The first-order valence-electron chi connectivity index (χ1n) is 8.84. The van der Waals surface area contributed by atoms with Crippen molar-refractivity contribution in [3.05, 3.63) is 58.9 Å². The molecule has 0 atom stereocenters. The lowest BCUT2D eigenvalue weighted by molar-refractivity contribution is 0.262. The molecule has 2 aromatic carbocycles. The van der Waals surface area contributed by atoms with Crippen LogP contribution in [0.3, 0.4) is 0 Å². The topological polar surface area (TPSA) is 52.7 Å². The normalized spacial score (nSPS) is 15.9. The van der Waals surface area contributed by atoms with E-state index >= 15 is 0 Å². The zero-order chi connectivity index (χ0) is 19.4. The molecular weight excluding hydrogens is 389 g/mol. The SMILES string of the molecule is Cc1ccc(F)cc1S(=O)(=O)NCCN1CCN(c2ccc(Cl)cc2)CC1. The van der Waals surface area contributed by atoms with Gasteiger partial charge in [-0.05, 0) is 48.9 Å². The van der Waals surface area contributed by atoms with Gasteiger partial charge in [-0.2, -0.15) is 0 Å². The van der Waals surface area contributed by atoms with E-state index < -0.39 is 15.8 Å². The van der Waals surface area contributed by atoms with Gasteiger partial charge in [0.1, 0.15) is 5.82 Å². The Morgan fingerprint density at radius 1 is 1.07 bits per heavy atom. The zero-order valence-corrected chi connectivity index (χ0v) is 16.7. The van der Waals surface area contributed by atoms with Crippen molar-refractivity contribution in [2.75, 3.05) is 44.2 Å². The van der Waals surface area contributed by atoms with Crippen LogP contribution in [0.15, 0.2) is 47.4 Å². The summed E-state index contributed by atoms with van der Waals surface area (Å²) in [6.45, 7) is 6.01. The van der Waals surface area contributed by atoms with E-state index in [4.69, 9.17) is 11.6 Å². The van der Waals surface area contributed by atoms with Crippen LogP contribution >= 0.6 is 11.6 Å². The van der Waals surface area contributed by atoms with Gasteiger partial charge < -0.3 is 4.90 Å². The van der Waals surface area contributed by atoms with Gasteiger partial charge in [0.25, 0.3) is 0 Å². The molecule has 1 heterocycles. The zero-order valence-electron chi connectivity index (χ0n) is 15.2. The van der Waals surface area contributed by atoms with E-state index in [1.807, 2.05) is 24.3 Å². The van der Waals surface area contributed by atoms with Crippen LogP contribution in [0.5, 0.6) is 0 Å². The largest absolute Gasteiger partial charge is 0.369 e. The highest BCUT2D eigenvalue weighted by Crippen LogP contribution is 2.19. The number of benzene rings is 2. The summed E-state index contributed by atoms with van der Waals surface area (Å²) in [5.41, 5.74) is 1.67. The maximum absolute atomic E-state index is 13.4. The molecule has 0 saturated carbocycles. The number of hydrogen-bond acceptors (Lipinski definition) is 4. The first-order valence-corrected chi connectivity index (χ1v) is 10.7. The van der Waals surface area contributed by atoms with Crippen molar-refractivity contribution in [2.45, 2.75) is 11.8 Å². The molecule has 5 nitrogen and oxygen atoms in total. The average Bonchev–Trinajstić information content (AvgIpc) is 2.65. The molecule has 1 saturated heterocycles. The fraction of sp³-hybridized carbons (Fsp3) is 0.368. The molecular formula is C19H23ClFN3O2S. The van der Waals surface area contributed by atoms with E-state index in [1.54, 1.807) is 6.92 Å². The van der Waals surface area contributed by atoms with E-state index in [1.165, 1.54) is 12.1 Å². The Hall–Kier alpha value is -1.67. The van der Waals surface area contributed by atoms with Gasteiger partial charge in [0.2, 0.25) is 10.0 Å². The summed E-state index contributed by atoms with van der Waals surface area (Å²) in [5.74, 6) is -0.556. The lowest BCUT2D eigenvalue weighted by Crippen LogP contribution is -2.48. The van der Waals surface area contributed by atoms with Gasteiger partial charge in [0.05, 0.1) is 4.90 Å². The standard InChI is InChI=1S/C19H23ClFN3O2S/c1-15-2-5-17(21)14-19(15)27(25,26)22-8-9-23-10-12-24(13-11-23)18-6-3-16(20)4-7-18/h2-7,14,22H,8-13H2,1H3. The Kier molecular flexibility index (Phi) is 6.37. The minimum absolute atomic E-state index is 0.00458. The number of aryl methyl sites for hydroxylation is 1. The van der Waals surface area contributed by atoms with Crippen molar-refractivity contribution >= 4 is 27.3 Å². The molecule has 146 valence electrons. The van der Waals surface area contributed by atoms with Gasteiger partial charge in [0, 0.05) is 50.0 Å². The number of nitrogens with zero attached hydrogens (tertiary/aromatic N) is 2. The average molecular weight is 412 g/mol. The molecule has 1 fully saturated rings. The molecule has 1 aliphatic rings. The van der Waals surface area contributed by atoms with Crippen LogP contribution < -0.4 is 9.62 Å². The van der Waals surface area contributed by atoms with Crippen molar-refractivity contribution < 1.29 is 12.8 Å². The second kappa shape index (κ2) is 8.56. The first kappa shape index (κ1) is 20.1. The molecule has 0 aliphatic carbocycles. The lowest BCUT2D eigenvalue weighted by Gasteiger charge is -2.36. The molecule has 27 heavy (non-hydrogen) atoms. The number of rotatable bonds is 6. The van der Waals surface area contributed by atoms with Gasteiger partial charge in [-0.15, -0.1) is 0 Å². The molecule has 8 heteroatoms. The predicted octanol–water partition coefficient (Wildman–Crippen LogP) is 2.89. The monoisotopic (exact) mass is 411 g/mol. The fourth-order valence-corrected chi connectivity index (χ4v) is 4.56. The molecule has 3 rings (SSSR count). The summed E-state index contributed by atoms with van der Waals surface area (Å²) in [6.07, 6.45) is 0. The van der Waals surface area contributed by atoms with Gasteiger partial charge in [-0.3, -0.25) is 4.90 Å². The first-order chi connectivity index (χ1) is 12.8. The Labute approximate surface area is 164 Å². The van der Waals surface area contributed by atoms with Crippen LogP contribution in [0.25, 0.3) is 0 Å². The molecule has 0 bridgehead atoms. The van der Waals surface area contributed by atoms with Crippen molar-refractivity contribution in [1.29, 1.82) is 0 Å². The summed E-state index contributed by atoms with van der Waals surface area (Å²) < 4.78 is 40.7. The second-order valence-electron chi connectivity index (χ2n) is 6.61. The molecule has 0 radical (unpaired) electrons. The highest BCUT2D eigenvalue weighted by atomic mass is 35.5. The maximum atomic E-state index is 13.4. The highest BCUT2D eigenvalue weighted by molar-refractivity contribution is 7.89. The van der Waals surface area contributed by atoms with E-state index in [9.17, 15) is 12.8 Å². The number of halogens is 2. The van der Waals surface area contributed by atoms with Crippen molar-refractivity contribution in [3.8, 4) is 0 Å². The van der Waals surface area contributed by atoms with Crippen molar-refractivity contribution in [3.63, 3.8) is 0 Å². The van der Waals surface area contributed by atoms with E-state index in [2.05, 4.69) is 14.5 Å². The summed E-state index contributed by atoms with van der Waals surface area (Å²) in [4.78, 5) is 4.50. The molecule has 0 amide bonds. The number of nitrogens with one attached hydrogen (secondary N) is 1. The highest BCUT2D eigenvalue weighted by Gasteiger charge is 2.20. The minimum atomic E-state index is -3.71. The van der Waals surface area contributed by atoms with E-state index in [0.29, 0.717) is 18.7 Å².